The van der Waals surface area contributed by atoms with Crippen molar-refractivity contribution in [2.45, 2.75) is 58.0 Å². The van der Waals surface area contributed by atoms with Gasteiger partial charge >= 0.3 is 0 Å². The number of rotatable bonds is 2. The van der Waals surface area contributed by atoms with Gasteiger partial charge in [-0.2, -0.15) is 0 Å². The second-order valence-corrected chi connectivity index (χ2v) is 5.70. The zero-order valence-electron chi connectivity index (χ0n) is 11.9. The Labute approximate surface area is 111 Å². The van der Waals surface area contributed by atoms with Crippen LogP contribution >= 0.6 is 0 Å². The second kappa shape index (κ2) is 6.41. The van der Waals surface area contributed by atoms with Crippen LogP contribution in [-0.4, -0.2) is 54.0 Å². The molecule has 0 aromatic rings. The van der Waals surface area contributed by atoms with Crippen LogP contribution in [0, 0.1) is 0 Å². The van der Waals surface area contributed by atoms with Gasteiger partial charge in [0.1, 0.15) is 0 Å². The van der Waals surface area contributed by atoms with Crippen LogP contribution in [0.15, 0.2) is 4.99 Å². The molecular formula is C14H28N4. The number of likely N-dealkylation sites (N-methyl/N-ethyl adjacent to an activating group) is 1. The van der Waals surface area contributed by atoms with Gasteiger partial charge in [0.15, 0.2) is 5.96 Å². The summed E-state index contributed by atoms with van der Waals surface area (Å²) >= 11 is 0. The highest BCUT2D eigenvalue weighted by molar-refractivity contribution is 5.78. The summed E-state index contributed by atoms with van der Waals surface area (Å²) in [5, 5.41) is 0. The summed E-state index contributed by atoms with van der Waals surface area (Å²) in [4.78, 5) is 9.52. The molecule has 2 N–H and O–H groups in total. The van der Waals surface area contributed by atoms with E-state index in [1.54, 1.807) is 0 Å². The molecule has 0 aromatic carbocycles. The van der Waals surface area contributed by atoms with E-state index in [0.717, 1.165) is 32.1 Å². The van der Waals surface area contributed by atoms with Gasteiger partial charge in [-0.05, 0) is 26.3 Å². The zero-order valence-corrected chi connectivity index (χ0v) is 11.9. The normalized spacial score (nSPS) is 28.7. The third-order valence-electron chi connectivity index (χ3n) is 4.38. The quantitative estimate of drug-likeness (QED) is 0.600. The van der Waals surface area contributed by atoms with Crippen molar-refractivity contribution in [3.63, 3.8) is 0 Å². The summed E-state index contributed by atoms with van der Waals surface area (Å²) in [6.45, 7) is 8.80. The Morgan fingerprint density at radius 1 is 1.22 bits per heavy atom. The van der Waals surface area contributed by atoms with E-state index in [9.17, 15) is 0 Å². The molecule has 1 aliphatic carbocycles. The summed E-state index contributed by atoms with van der Waals surface area (Å²) in [6.07, 6.45) is 6.47. The molecule has 1 heterocycles. The van der Waals surface area contributed by atoms with E-state index in [2.05, 4.69) is 23.6 Å². The molecule has 2 fully saturated rings. The van der Waals surface area contributed by atoms with Crippen LogP contribution in [0.4, 0.5) is 0 Å². The number of nitrogens with zero attached hydrogens (tertiary/aromatic N) is 3. The molecule has 18 heavy (non-hydrogen) atoms. The van der Waals surface area contributed by atoms with E-state index >= 15 is 0 Å². The molecule has 1 saturated heterocycles. The molecule has 104 valence electrons. The maximum Gasteiger partial charge on any atom is 0.191 e. The third kappa shape index (κ3) is 3.37. The predicted molar refractivity (Wildman–Crippen MR) is 76.8 cm³/mol. The topological polar surface area (TPSA) is 44.9 Å². The Morgan fingerprint density at radius 2 is 1.94 bits per heavy atom. The Kier molecular flexibility index (Phi) is 4.87. The number of hydrogen-bond acceptors (Lipinski definition) is 2. The van der Waals surface area contributed by atoms with E-state index in [0.29, 0.717) is 12.1 Å². The molecule has 2 aliphatic rings. The minimum atomic E-state index is 0.485. The molecule has 1 atom stereocenters. The van der Waals surface area contributed by atoms with Crippen molar-refractivity contribution in [2.75, 3.05) is 26.2 Å². The summed E-state index contributed by atoms with van der Waals surface area (Å²) in [7, 11) is 0. The smallest absolute Gasteiger partial charge is 0.191 e. The van der Waals surface area contributed by atoms with Gasteiger partial charge in [0.25, 0.3) is 0 Å². The summed E-state index contributed by atoms with van der Waals surface area (Å²) in [5.74, 6) is 0.782. The predicted octanol–water partition coefficient (Wildman–Crippen LogP) is 1.66. The van der Waals surface area contributed by atoms with Crippen LogP contribution in [0.1, 0.15) is 46.0 Å². The van der Waals surface area contributed by atoms with Gasteiger partial charge in [-0.3, -0.25) is 4.90 Å². The van der Waals surface area contributed by atoms with Crippen LogP contribution in [-0.2, 0) is 0 Å². The Bertz CT molecular complexity index is 284. The minimum absolute atomic E-state index is 0.485. The van der Waals surface area contributed by atoms with E-state index in [-0.39, 0.29) is 0 Å². The highest BCUT2D eigenvalue weighted by Gasteiger charge is 2.24. The first-order chi connectivity index (χ1) is 8.70. The zero-order chi connectivity index (χ0) is 13.0. The van der Waals surface area contributed by atoms with Crippen molar-refractivity contribution in [1.29, 1.82) is 0 Å². The van der Waals surface area contributed by atoms with Gasteiger partial charge in [0, 0.05) is 25.7 Å². The Morgan fingerprint density at radius 3 is 2.56 bits per heavy atom. The van der Waals surface area contributed by atoms with Crippen LogP contribution in [0.25, 0.3) is 0 Å². The molecule has 0 bridgehead atoms. The van der Waals surface area contributed by atoms with Gasteiger partial charge in [-0.15, -0.1) is 0 Å². The van der Waals surface area contributed by atoms with Crippen molar-refractivity contribution >= 4 is 5.96 Å². The molecule has 1 unspecified atom stereocenters. The van der Waals surface area contributed by atoms with Crippen molar-refractivity contribution in [3.8, 4) is 0 Å². The first kappa shape index (κ1) is 13.7. The molecule has 0 spiro atoms. The fourth-order valence-corrected chi connectivity index (χ4v) is 3.15. The minimum Gasteiger partial charge on any atom is -0.370 e. The number of nitrogens with two attached hydrogens (primary N) is 1. The summed E-state index contributed by atoms with van der Waals surface area (Å²) in [6, 6.07) is 1.07. The van der Waals surface area contributed by atoms with Crippen molar-refractivity contribution in [3.05, 3.63) is 0 Å². The van der Waals surface area contributed by atoms with Gasteiger partial charge < -0.3 is 10.6 Å². The molecular weight excluding hydrogens is 224 g/mol. The third-order valence-corrected chi connectivity index (χ3v) is 4.38. The van der Waals surface area contributed by atoms with Crippen molar-refractivity contribution in [1.82, 2.24) is 9.80 Å². The number of piperazine rings is 1. The first-order valence-corrected chi connectivity index (χ1v) is 7.53. The first-order valence-electron chi connectivity index (χ1n) is 7.53. The van der Waals surface area contributed by atoms with Crippen LogP contribution < -0.4 is 5.73 Å². The van der Waals surface area contributed by atoms with Crippen LogP contribution in [0.5, 0.6) is 0 Å². The van der Waals surface area contributed by atoms with E-state index in [4.69, 9.17) is 10.7 Å². The number of aliphatic imine (C=N–C) groups is 1. The molecule has 0 amide bonds. The Hall–Kier alpha value is -0.770. The summed E-state index contributed by atoms with van der Waals surface area (Å²) in [5.41, 5.74) is 6.19. The number of hydrogen-bond donors (Lipinski definition) is 1. The average Bonchev–Trinajstić information content (AvgIpc) is 2.39. The molecule has 1 saturated carbocycles. The molecule has 0 radical (unpaired) electrons. The van der Waals surface area contributed by atoms with Gasteiger partial charge in [0.05, 0.1) is 6.04 Å². The van der Waals surface area contributed by atoms with Gasteiger partial charge in [-0.25, -0.2) is 4.99 Å². The fraction of sp³-hybridized carbons (Fsp3) is 0.929. The monoisotopic (exact) mass is 252 g/mol. The lowest BCUT2D eigenvalue weighted by Gasteiger charge is -2.40. The van der Waals surface area contributed by atoms with E-state index < -0.39 is 0 Å². The molecule has 1 aliphatic heterocycles. The standard InChI is InChI=1S/C14H28N4/c1-3-17-9-10-18(11-12(17)2)14(15)16-13-7-5-4-6-8-13/h12-13H,3-11H2,1-2H3,(H2,15,16). The largest absolute Gasteiger partial charge is 0.370 e. The summed E-state index contributed by atoms with van der Waals surface area (Å²) < 4.78 is 0. The number of guanidine groups is 1. The van der Waals surface area contributed by atoms with Crippen molar-refractivity contribution < 1.29 is 0 Å². The molecule has 4 heteroatoms. The van der Waals surface area contributed by atoms with Gasteiger partial charge in [-0.1, -0.05) is 26.2 Å². The van der Waals surface area contributed by atoms with E-state index in [1.165, 1.54) is 32.1 Å². The van der Waals surface area contributed by atoms with E-state index in [1.807, 2.05) is 0 Å². The average molecular weight is 252 g/mol. The lowest BCUT2D eigenvalue weighted by molar-refractivity contribution is 0.128. The lowest BCUT2D eigenvalue weighted by atomic mass is 9.96. The maximum absolute atomic E-state index is 6.19. The molecule has 2 rings (SSSR count). The molecule has 4 nitrogen and oxygen atoms in total. The fourth-order valence-electron chi connectivity index (χ4n) is 3.15. The second-order valence-electron chi connectivity index (χ2n) is 5.70. The lowest BCUT2D eigenvalue weighted by Crippen LogP contribution is -2.55. The van der Waals surface area contributed by atoms with Crippen LogP contribution in [0.2, 0.25) is 0 Å². The Balaban J connectivity index is 1.88. The van der Waals surface area contributed by atoms with Crippen LogP contribution in [0.3, 0.4) is 0 Å². The highest BCUT2D eigenvalue weighted by Crippen LogP contribution is 2.20. The SMILES string of the molecule is CCN1CCN(C(N)=NC2CCCCC2)CC1C. The van der Waals surface area contributed by atoms with Gasteiger partial charge in [0.2, 0.25) is 0 Å². The molecule has 0 aromatic heterocycles. The maximum atomic E-state index is 6.19. The highest BCUT2D eigenvalue weighted by atomic mass is 15.3. The van der Waals surface area contributed by atoms with Crippen molar-refractivity contribution in [2.24, 2.45) is 10.7 Å².